The molecule has 0 saturated heterocycles. The van der Waals surface area contributed by atoms with Crippen LogP contribution in [0.15, 0.2) is 46.5 Å². The number of aldehydes is 1. The average molecular weight is 264 g/mol. The van der Waals surface area contributed by atoms with Crippen LogP contribution < -0.4 is 0 Å². The summed E-state index contributed by atoms with van der Waals surface area (Å²) >= 11 is 7.58. The van der Waals surface area contributed by atoms with E-state index in [0.29, 0.717) is 10.6 Å². The van der Waals surface area contributed by atoms with Gasteiger partial charge in [-0.15, -0.1) is 0 Å². The fraction of sp³-hybridized carbons (Fsp3) is 0.0769. The summed E-state index contributed by atoms with van der Waals surface area (Å²) in [5, 5.41) is 1.57. The van der Waals surface area contributed by atoms with Crippen molar-refractivity contribution in [3.05, 3.63) is 52.7 Å². The molecule has 0 amide bonds. The van der Waals surface area contributed by atoms with Gasteiger partial charge < -0.3 is 0 Å². The van der Waals surface area contributed by atoms with Crippen molar-refractivity contribution in [1.82, 2.24) is 4.98 Å². The largest absolute Gasteiger partial charge is 0.298 e. The minimum Gasteiger partial charge on any atom is -0.298 e. The third-order valence-electron chi connectivity index (χ3n) is 2.23. The van der Waals surface area contributed by atoms with Crippen LogP contribution >= 0.6 is 23.4 Å². The minimum absolute atomic E-state index is 0.589. The first-order chi connectivity index (χ1) is 8.20. The maximum absolute atomic E-state index is 10.6. The van der Waals surface area contributed by atoms with Crippen LogP contribution in [0.3, 0.4) is 0 Å². The Labute approximate surface area is 109 Å². The standard InChI is InChI=1S/C13H10ClNOS/c1-9-6-10(8-16)7-15-13(9)17-12-5-3-2-4-11(12)14/h2-8H,1H3. The van der Waals surface area contributed by atoms with E-state index in [4.69, 9.17) is 11.6 Å². The SMILES string of the molecule is Cc1cc(C=O)cnc1Sc1ccccc1Cl. The molecular weight excluding hydrogens is 254 g/mol. The van der Waals surface area contributed by atoms with Crippen molar-refractivity contribution in [2.45, 2.75) is 16.8 Å². The molecule has 1 aromatic heterocycles. The van der Waals surface area contributed by atoms with Crippen molar-refractivity contribution >= 4 is 29.6 Å². The van der Waals surface area contributed by atoms with Crippen molar-refractivity contribution in [3.63, 3.8) is 0 Å². The number of halogens is 1. The van der Waals surface area contributed by atoms with Crippen molar-refractivity contribution in [3.8, 4) is 0 Å². The van der Waals surface area contributed by atoms with Crippen molar-refractivity contribution < 1.29 is 4.79 Å². The van der Waals surface area contributed by atoms with Gasteiger partial charge in [0.15, 0.2) is 6.29 Å². The molecule has 0 aliphatic carbocycles. The molecule has 1 aromatic carbocycles. The molecule has 0 unspecified atom stereocenters. The number of rotatable bonds is 3. The van der Waals surface area contributed by atoms with Gasteiger partial charge in [0.25, 0.3) is 0 Å². The third kappa shape index (κ3) is 2.87. The van der Waals surface area contributed by atoms with E-state index in [1.165, 1.54) is 11.8 Å². The van der Waals surface area contributed by atoms with E-state index in [0.717, 1.165) is 21.8 Å². The molecule has 17 heavy (non-hydrogen) atoms. The van der Waals surface area contributed by atoms with Crippen molar-refractivity contribution in [2.24, 2.45) is 0 Å². The Hall–Kier alpha value is -1.32. The number of carbonyl (C=O) groups is 1. The number of aryl methyl sites for hydroxylation is 1. The maximum Gasteiger partial charge on any atom is 0.151 e. The molecule has 2 aromatic rings. The summed E-state index contributed by atoms with van der Waals surface area (Å²) in [5.74, 6) is 0. The second kappa shape index (κ2) is 5.34. The second-order valence-corrected chi connectivity index (χ2v) is 4.98. The quantitative estimate of drug-likeness (QED) is 0.784. The predicted octanol–water partition coefficient (Wildman–Crippen LogP) is 4.01. The van der Waals surface area contributed by atoms with Gasteiger partial charge in [-0.05, 0) is 30.7 Å². The number of hydrogen-bond acceptors (Lipinski definition) is 3. The fourth-order valence-corrected chi connectivity index (χ4v) is 2.48. The van der Waals surface area contributed by atoms with Gasteiger partial charge in [-0.1, -0.05) is 35.5 Å². The molecule has 1 heterocycles. The molecule has 0 aliphatic rings. The second-order valence-electron chi connectivity index (χ2n) is 3.54. The normalized spacial score (nSPS) is 10.2. The van der Waals surface area contributed by atoms with Crippen LogP contribution in [0.1, 0.15) is 15.9 Å². The Balaban J connectivity index is 2.31. The molecule has 0 saturated carbocycles. The van der Waals surface area contributed by atoms with Gasteiger partial charge >= 0.3 is 0 Å². The highest BCUT2D eigenvalue weighted by atomic mass is 35.5. The summed E-state index contributed by atoms with van der Waals surface area (Å²) in [6.45, 7) is 1.93. The Kier molecular flexibility index (Phi) is 3.82. The summed E-state index contributed by atoms with van der Waals surface area (Å²) in [7, 11) is 0. The molecule has 0 N–H and O–H groups in total. The molecule has 4 heteroatoms. The highest BCUT2D eigenvalue weighted by Crippen LogP contribution is 2.33. The predicted molar refractivity (Wildman–Crippen MR) is 69.9 cm³/mol. The zero-order chi connectivity index (χ0) is 12.3. The lowest BCUT2D eigenvalue weighted by Crippen LogP contribution is -1.89. The molecule has 86 valence electrons. The Morgan fingerprint density at radius 1 is 1.35 bits per heavy atom. The van der Waals surface area contributed by atoms with E-state index in [1.54, 1.807) is 6.20 Å². The Morgan fingerprint density at radius 2 is 2.12 bits per heavy atom. The van der Waals surface area contributed by atoms with Crippen molar-refractivity contribution in [1.29, 1.82) is 0 Å². The lowest BCUT2D eigenvalue weighted by Gasteiger charge is -2.06. The van der Waals surface area contributed by atoms with E-state index in [2.05, 4.69) is 4.98 Å². The number of carbonyl (C=O) groups excluding carboxylic acids is 1. The zero-order valence-electron chi connectivity index (χ0n) is 9.18. The topological polar surface area (TPSA) is 30.0 Å². The van der Waals surface area contributed by atoms with Crippen LogP contribution in [0.2, 0.25) is 5.02 Å². The van der Waals surface area contributed by atoms with E-state index < -0.39 is 0 Å². The van der Waals surface area contributed by atoms with Crippen LogP contribution in [0.4, 0.5) is 0 Å². The molecular formula is C13H10ClNOS. The maximum atomic E-state index is 10.6. The first-order valence-electron chi connectivity index (χ1n) is 5.05. The molecule has 0 aliphatic heterocycles. The lowest BCUT2D eigenvalue weighted by atomic mass is 10.2. The third-order valence-corrected chi connectivity index (χ3v) is 3.87. The number of aromatic nitrogens is 1. The highest BCUT2D eigenvalue weighted by molar-refractivity contribution is 7.99. The van der Waals surface area contributed by atoms with E-state index in [9.17, 15) is 4.79 Å². The Bertz CT molecular complexity index is 557. The number of hydrogen-bond donors (Lipinski definition) is 0. The van der Waals surface area contributed by atoms with E-state index >= 15 is 0 Å². The van der Waals surface area contributed by atoms with Gasteiger partial charge in [0.2, 0.25) is 0 Å². The zero-order valence-corrected chi connectivity index (χ0v) is 10.8. The van der Waals surface area contributed by atoms with Gasteiger partial charge in [0.05, 0.1) is 5.02 Å². The lowest BCUT2D eigenvalue weighted by molar-refractivity contribution is 0.112. The van der Waals surface area contributed by atoms with Gasteiger partial charge in [-0.3, -0.25) is 4.79 Å². The summed E-state index contributed by atoms with van der Waals surface area (Å²) in [4.78, 5) is 15.8. The Morgan fingerprint density at radius 3 is 2.76 bits per heavy atom. The monoisotopic (exact) mass is 263 g/mol. The van der Waals surface area contributed by atoms with Crippen LogP contribution in [0.5, 0.6) is 0 Å². The molecule has 0 spiro atoms. The summed E-state index contributed by atoms with van der Waals surface area (Å²) < 4.78 is 0. The number of pyridine rings is 1. The fourth-order valence-electron chi connectivity index (χ4n) is 1.39. The van der Waals surface area contributed by atoms with Gasteiger partial charge in [0, 0.05) is 16.7 Å². The molecule has 0 radical (unpaired) electrons. The van der Waals surface area contributed by atoms with E-state index in [-0.39, 0.29) is 0 Å². The molecule has 0 bridgehead atoms. The highest BCUT2D eigenvalue weighted by Gasteiger charge is 2.06. The summed E-state index contributed by atoms with van der Waals surface area (Å²) in [6, 6.07) is 9.44. The smallest absolute Gasteiger partial charge is 0.151 e. The van der Waals surface area contributed by atoms with Gasteiger partial charge in [-0.25, -0.2) is 4.98 Å². The van der Waals surface area contributed by atoms with Crippen LogP contribution in [-0.4, -0.2) is 11.3 Å². The molecule has 2 rings (SSSR count). The average Bonchev–Trinajstić information content (AvgIpc) is 2.34. The number of benzene rings is 1. The van der Waals surface area contributed by atoms with Crippen molar-refractivity contribution in [2.75, 3.05) is 0 Å². The van der Waals surface area contributed by atoms with Gasteiger partial charge in [0.1, 0.15) is 5.03 Å². The number of nitrogens with zero attached hydrogens (tertiary/aromatic N) is 1. The first-order valence-corrected chi connectivity index (χ1v) is 6.24. The van der Waals surface area contributed by atoms with Crippen LogP contribution in [0.25, 0.3) is 0 Å². The molecule has 0 fully saturated rings. The van der Waals surface area contributed by atoms with Crippen LogP contribution in [0, 0.1) is 6.92 Å². The molecule has 2 nitrogen and oxygen atoms in total. The van der Waals surface area contributed by atoms with Crippen LogP contribution in [-0.2, 0) is 0 Å². The summed E-state index contributed by atoms with van der Waals surface area (Å²) in [6.07, 6.45) is 2.36. The molecule has 0 atom stereocenters. The van der Waals surface area contributed by atoms with E-state index in [1.807, 2.05) is 37.3 Å². The first kappa shape index (κ1) is 12.1. The minimum atomic E-state index is 0.589. The summed E-state index contributed by atoms with van der Waals surface area (Å²) in [5.41, 5.74) is 1.56. The van der Waals surface area contributed by atoms with Gasteiger partial charge in [-0.2, -0.15) is 0 Å².